The Bertz CT molecular complexity index is 412. The lowest BCUT2D eigenvalue weighted by Crippen LogP contribution is -2.35. The number of methoxy groups -OCH3 is 1. The maximum atomic E-state index is 5.54. The van der Waals surface area contributed by atoms with Crippen LogP contribution in [0.2, 0.25) is 0 Å². The van der Waals surface area contributed by atoms with Gasteiger partial charge in [0.2, 0.25) is 0 Å². The van der Waals surface area contributed by atoms with Crippen molar-refractivity contribution < 1.29 is 4.74 Å². The molecule has 94 valence electrons. The lowest BCUT2D eigenvalue weighted by atomic mass is 9.80. The fourth-order valence-corrected chi connectivity index (χ4v) is 2.90. The second-order valence-corrected chi connectivity index (χ2v) is 5.44. The molecule has 0 radical (unpaired) electrons. The number of fused-ring (bicyclic) bond motifs is 1. The van der Waals surface area contributed by atoms with Gasteiger partial charge in [0.05, 0.1) is 7.11 Å². The van der Waals surface area contributed by atoms with Gasteiger partial charge in [-0.15, -0.1) is 0 Å². The monoisotopic (exact) mass is 233 g/mol. The predicted molar refractivity (Wildman–Crippen MR) is 71.7 cm³/mol. The molecule has 0 aromatic heterocycles. The molecule has 1 aromatic carbocycles. The minimum absolute atomic E-state index is 0.455. The molecule has 2 atom stereocenters. The minimum Gasteiger partial charge on any atom is -0.496 e. The van der Waals surface area contributed by atoms with Gasteiger partial charge in [0, 0.05) is 18.2 Å². The number of rotatable bonds is 2. The van der Waals surface area contributed by atoms with Crippen molar-refractivity contribution in [1.82, 2.24) is 5.32 Å². The Balaban J connectivity index is 2.61. The van der Waals surface area contributed by atoms with E-state index in [1.165, 1.54) is 16.7 Å². The summed E-state index contributed by atoms with van der Waals surface area (Å²) >= 11 is 0. The van der Waals surface area contributed by atoms with Crippen LogP contribution in [0.3, 0.4) is 0 Å². The molecule has 1 aliphatic heterocycles. The molecule has 0 aliphatic carbocycles. The van der Waals surface area contributed by atoms with E-state index in [4.69, 9.17) is 4.74 Å². The number of hydrogen-bond acceptors (Lipinski definition) is 2. The molecule has 0 fully saturated rings. The van der Waals surface area contributed by atoms with E-state index in [0.29, 0.717) is 17.9 Å². The first kappa shape index (κ1) is 12.4. The average Bonchev–Trinajstić information content (AvgIpc) is 2.30. The van der Waals surface area contributed by atoms with Gasteiger partial charge in [-0.2, -0.15) is 0 Å². The summed E-state index contributed by atoms with van der Waals surface area (Å²) in [5.74, 6) is 2.17. The molecule has 0 amide bonds. The molecule has 1 aliphatic rings. The number of hydrogen-bond donors (Lipinski definition) is 1. The van der Waals surface area contributed by atoms with Crippen molar-refractivity contribution in [3.05, 3.63) is 28.8 Å². The van der Waals surface area contributed by atoms with Crippen LogP contribution in [-0.2, 0) is 0 Å². The molecule has 1 aromatic rings. The standard InChI is InChI=1S/C15H23NO/c1-9(2)15-14-10(3)6-7-12(17-5)13(14)11(4)8-16-15/h6-7,9,11,15-16H,8H2,1-5H3. The zero-order valence-electron chi connectivity index (χ0n) is 11.5. The predicted octanol–water partition coefficient (Wildman–Crippen LogP) is 3.41. The maximum absolute atomic E-state index is 5.54. The fraction of sp³-hybridized carbons (Fsp3) is 0.600. The molecule has 0 saturated heterocycles. The van der Waals surface area contributed by atoms with Gasteiger partial charge in [-0.05, 0) is 36.0 Å². The van der Waals surface area contributed by atoms with E-state index < -0.39 is 0 Å². The van der Waals surface area contributed by atoms with Gasteiger partial charge in [0.1, 0.15) is 5.75 Å². The van der Waals surface area contributed by atoms with Gasteiger partial charge in [-0.25, -0.2) is 0 Å². The van der Waals surface area contributed by atoms with Crippen LogP contribution in [0, 0.1) is 12.8 Å². The smallest absolute Gasteiger partial charge is 0.122 e. The Morgan fingerprint density at radius 3 is 2.59 bits per heavy atom. The third-order valence-electron chi connectivity index (χ3n) is 3.80. The first-order valence-corrected chi connectivity index (χ1v) is 6.47. The third-order valence-corrected chi connectivity index (χ3v) is 3.80. The Hall–Kier alpha value is -1.02. The second kappa shape index (κ2) is 4.69. The fourth-order valence-electron chi connectivity index (χ4n) is 2.90. The Morgan fingerprint density at radius 2 is 2.00 bits per heavy atom. The molecule has 0 saturated carbocycles. The van der Waals surface area contributed by atoms with Crippen LogP contribution >= 0.6 is 0 Å². The van der Waals surface area contributed by atoms with Crippen LogP contribution in [0.1, 0.15) is 49.4 Å². The van der Waals surface area contributed by atoms with Gasteiger partial charge in [-0.1, -0.05) is 26.8 Å². The van der Waals surface area contributed by atoms with Crippen molar-refractivity contribution in [2.45, 2.75) is 39.7 Å². The largest absolute Gasteiger partial charge is 0.496 e. The lowest BCUT2D eigenvalue weighted by molar-refractivity contribution is 0.356. The summed E-state index contributed by atoms with van der Waals surface area (Å²) in [4.78, 5) is 0. The van der Waals surface area contributed by atoms with E-state index in [9.17, 15) is 0 Å². The highest BCUT2D eigenvalue weighted by Crippen LogP contribution is 2.40. The highest BCUT2D eigenvalue weighted by molar-refractivity contribution is 5.50. The highest BCUT2D eigenvalue weighted by atomic mass is 16.5. The van der Waals surface area contributed by atoms with Gasteiger partial charge >= 0.3 is 0 Å². The molecule has 2 heteroatoms. The van der Waals surface area contributed by atoms with E-state index >= 15 is 0 Å². The topological polar surface area (TPSA) is 21.3 Å². The van der Waals surface area contributed by atoms with Crippen LogP contribution in [-0.4, -0.2) is 13.7 Å². The molecule has 17 heavy (non-hydrogen) atoms. The van der Waals surface area contributed by atoms with E-state index in [1.54, 1.807) is 7.11 Å². The molecule has 2 nitrogen and oxygen atoms in total. The van der Waals surface area contributed by atoms with Gasteiger partial charge in [-0.3, -0.25) is 0 Å². The number of nitrogens with one attached hydrogen (secondary N) is 1. The second-order valence-electron chi connectivity index (χ2n) is 5.44. The van der Waals surface area contributed by atoms with Crippen molar-refractivity contribution in [3.63, 3.8) is 0 Å². The van der Waals surface area contributed by atoms with Gasteiger partial charge < -0.3 is 10.1 Å². The molecular formula is C15H23NO. The molecule has 0 spiro atoms. The van der Waals surface area contributed by atoms with Crippen molar-refractivity contribution >= 4 is 0 Å². The Kier molecular flexibility index (Phi) is 3.43. The summed E-state index contributed by atoms with van der Waals surface area (Å²) in [6, 6.07) is 4.73. The van der Waals surface area contributed by atoms with Crippen molar-refractivity contribution in [2.75, 3.05) is 13.7 Å². The Morgan fingerprint density at radius 1 is 1.29 bits per heavy atom. The van der Waals surface area contributed by atoms with Crippen molar-refractivity contribution in [3.8, 4) is 5.75 Å². The number of aryl methyl sites for hydroxylation is 1. The zero-order valence-corrected chi connectivity index (χ0v) is 11.5. The van der Waals surface area contributed by atoms with Crippen molar-refractivity contribution in [2.24, 2.45) is 5.92 Å². The normalized spacial score (nSPS) is 23.6. The van der Waals surface area contributed by atoms with Gasteiger partial charge in [0.15, 0.2) is 0 Å². The first-order chi connectivity index (χ1) is 8.06. The molecule has 1 N–H and O–H groups in total. The molecular weight excluding hydrogens is 210 g/mol. The Labute approximate surface area is 104 Å². The van der Waals surface area contributed by atoms with Crippen LogP contribution in [0.5, 0.6) is 5.75 Å². The third kappa shape index (κ3) is 2.06. The lowest BCUT2D eigenvalue weighted by Gasteiger charge is -2.35. The minimum atomic E-state index is 0.455. The van der Waals surface area contributed by atoms with E-state index in [1.807, 2.05) is 0 Å². The van der Waals surface area contributed by atoms with Crippen LogP contribution in [0.4, 0.5) is 0 Å². The van der Waals surface area contributed by atoms with Crippen LogP contribution < -0.4 is 10.1 Å². The quantitative estimate of drug-likeness (QED) is 0.845. The zero-order chi connectivity index (χ0) is 12.6. The number of ether oxygens (including phenoxy) is 1. The maximum Gasteiger partial charge on any atom is 0.122 e. The SMILES string of the molecule is COc1ccc(C)c2c1C(C)CNC2C(C)C. The van der Waals surface area contributed by atoms with E-state index in [-0.39, 0.29) is 0 Å². The first-order valence-electron chi connectivity index (χ1n) is 6.47. The molecule has 0 bridgehead atoms. The van der Waals surface area contributed by atoms with Crippen LogP contribution in [0.15, 0.2) is 12.1 Å². The van der Waals surface area contributed by atoms with Gasteiger partial charge in [0.25, 0.3) is 0 Å². The average molecular weight is 233 g/mol. The summed E-state index contributed by atoms with van der Waals surface area (Å²) in [7, 11) is 1.77. The molecule has 1 heterocycles. The molecule has 2 unspecified atom stereocenters. The summed E-state index contributed by atoms with van der Waals surface area (Å²) < 4.78 is 5.54. The summed E-state index contributed by atoms with van der Waals surface area (Å²) in [5.41, 5.74) is 4.24. The van der Waals surface area contributed by atoms with E-state index in [2.05, 4.69) is 45.1 Å². The summed E-state index contributed by atoms with van der Waals surface area (Å²) in [6.45, 7) is 10.1. The molecule has 2 rings (SSSR count). The number of benzene rings is 1. The summed E-state index contributed by atoms with van der Waals surface area (Å²) in [5, 5.41) is 3.66. The summed E-state index contributed by atoms with van der Waals surface area (Å²) in [6.07, 6.45) is 0. The highest BCUT2D eigenvalue weighted by Gasteiger charge is 2.30. The van der Waals surface area contributed by atoms with Crippen LogP contribution in [0.25, 0.3) is 0 Å². The van der Waals surface area contributed by atoms with E-state index in [0.717, 1.165) is 12.3 Å². The van der Waals surface area contributed by atoms with Crippen molar-refractivity contribution in [1.29, 1.82) is 0 Å².